The van der Waals surface area contributed by atoms with Crippen LogP contribution in [0.2, 0.25) is 0 Å². The maximum absolute atomic E-state index is 11.5. The van der Waals surface area contributed by atoms with Gasteiger partial charge in [0.1, 0.15) is 16.0 Å². The molecule has 16 heavy (non-hydrogen) atoms. The van der Waals surface area contributed by atoms with E-state index in [0.717, 1.165) is 12.7 Å². The summed E-state index contributed by atoms with van der Waals surface area (Å²) in [6, 6.07) is 0. The van der Waals surface area contributed by atoms with Crippen molar-refractivity contribution in [2.75, 3.05) is 6.26 Å². The van der Waals surface area contributed by atoms with Crippen LogP contribution in [0.1, 0.15) is 24.9 Å². The molecule has 0 atom stereocenters. The van der Waals surface area contributed by atoms with Crippen LogP contribution < -0.4 is 5.56 Å². The van der Waals surface area contributed by atoms with Gasteiger partial charge in [0, 0.05) is 6.26 Å². The summed E-state index contributed by atoms with van der Waals surface area (Å²) in [5, 5.41) is 0. The first-order chi connectivity index (χ1) is 7.33. The number of halogens is 1. The second-order valence-electron chi connectivity index (χ2n) is 3.59. The predicted octanol–water partition coefficient (Wildman–Crippen LogP) is 1.03. The summed E-state index contributed by atoms with van der Waals surface area (Å²) in [7, 11) is -3.19. The van der Waals surface area contributed by atoms with Gasteiger partial charge in [-0.15, -0.1) is 0 Å². The summed E-state index contributed by atoms with van der Waals surface area (Å²) in [6.07, 6.45) is 2.59. The minimum absolute atomic E-state index is 0.194. The van der Waals surface area contributed by atoms with Gasteiger partial charge in [-0.25, -0.2) is 13.4 Å². The fourth-order valence-electron chi connectivity index (χ4n) is 1.28. The lowest BCUT2D eigenvalue weighted by Crippen LogP contribution is -2.17. The fourth-order valence-corrected chi connectivity index (χ4v) is 2.30. The third kappa shape index (κ3) is 3.71. The van der Waals surface area contributed by atoms with Crippen LogP contribution in [0.4, 0.5) is 0 Å². The van der Waals surface area contributed by atoms with Crippen LogP contribution in [-0.4, -0.2) is 24.6 Å². The normalized spacial score (nSPS) is 11.7. The van der Waals surface area contributed by atoms with E-state index >= 15 is 0 Å². The van der Waals surface area contributed by atoms with Crippen LogP contribution in [0.3, 0.4) is 0 Å². The number of aromatic amines is 1. The molecule has 1 aromatic heterocycles. The van der Waals surface area contributed by atoms with Gasteiger partial charge < -0.3 is 4.98 Å². The Morgan fingerprint density at radius 2 is 2.06 bits per heavy atom. The van der Waals surface area contributed by atoms with Gasteiger partial charge in [-0.2, -0.15) is 0 Å². The Bertz CT molecular complexity index is 536. The molecule has 0 fully saturated rings. The lowest BCUT2D eigenvalue weighted by atomic mass is 10.2. The first-order valence-corrected chi connectivity index (χ1v) is 7.64. The van der Waals surface area contributed by atoms with Crippen LogP contribution in [-0.2, 0) is 22.0 Å². The molecule has 1 N–H and O–H groups in total. The van der Waals surface area contributed by atoms with Gasteiger partial charge in [-0.1, -0.05) is 13.3 Å². The highest BCUT2D eigenvalue weighted by Gasteiger charge is 2.12. The van der Waals surface area contributed by atoms with Gasteiger partial charge in [0.2, 0.25) is 0 Å². The molecule has 0 aromatic carbocycles. The second-order valence-corrected chi connectivity index (χ2v) is 6.53. The zero-order chi connectivity index (χ0) is 12.3. The van der Waals surface area contributed by atoms with Gasteiger partial charge in [0.15, 0.2) is 9.84 Å². The number of sulfone groups is 1. The summed E-state index contributed by atoms with van der Waals surface area (Å²) in [6.45, 7) is 1.96. The Balaban J connectivity index is 3.19. The fraction of sp³-hybridized carbons (Fsp3) is 0.556. The van der Waals surface area contributed by atoms with Crippen molar-refractivity contribution in [3.05, 3.63) is 26.3 Å². The monoisotopic (exact) mass is 308 g/mol. The van der Waals surface area contributed by atoms with E-state index in [0.29, 0.717) is 16.6 Å². The van der Waals surface area contributed by atoms with Crippen molar-refractivity contribution in [1.82, 2.24) is 9.97 Å². The average molecular weight is 309 g/mol. The van der Waals surface area contributed by atoms with E-state index in [-0.39, 0.29) is 17.1 Å². The van der Waals surface area contributed by atoms with E-state index in [2.05, 4.69) is 25.9 Å². The third-order valence-electron chi connectivity index (χ3n) is 1.87. The van der Waals surface area contributed by atoms with Crippen molar-refractivity contribution in [1.29, 1.82) is 0 Å². The molecule has 1 rings (SSSR count). The number of aryl methyl sites for hydroxylation is 1. The number of hydrogen-bond acceptors (Lipinski definition) is 4. The van der Waals surface area contributed by atoms with Crippen molar-refractivity contribution in [3.8, 4) is 0 Å². The highest BCUT2D eigenvalue weighted by molar-refractivity contribution is 9.10. The summed E-state index contributed by atoms with van der Waals surface area (Å²) in [5.74, 6) is -0.0502. The number of H-pyrrole nitrogens is 1. The molecule has 0 aliphatic heterocycles. The summed E-state index contributed by atoms with van der Waals surface area (Å²) >= 11 is 3.14. The van der Waals surface area contributed by atoms with Crippen LogP contribution in [0, 0.1) is 0 Å². The minimum Gasteiger partial charge on any atom is -0.309 e. The second kappa shape index (κ2) is 5.09. The SMILES string of the molecule is CCCc1nc(CS(C)(=O)=O)[nH]c(=O)c1Br. The molecule has 90 valence electrons. The van der Waals surface area contributed by atoms with Crippen molar-refractivity contribution in [2.24, 2.45) is 0 Å². The molecule has 7 heteroatoms. The molecule has 0 radical (unpaired) electrons. The Hall–Kier alpha value is -0.690. The first kappa shape index (κ1) is 13.4. The Morgan fingerprint density at radius 3 is 2.56 bits per heavy atom. The Labute approximate surface area is 102 Å². The predicted molar refractivity (Wildman–Crippen MR) is 65.1 cm³/mol. The van der Waals surface area contributed by atoms with E-state index in [1.54, 1.807) is 0 Å². The number of rotatable bonds is 4. The van der Waals surface area contributed by atoms with Gasteiger partial charge in [-0.3, -0.25) is 4.79 Å². The Kier molecular flexibility index (Phi) is 4.26. The van der Waals surface area contributed by atoms with E-state index in [9.17, 15) is 13.2 Å². The molecular weight excluding hydrogens is 296 g/mol. The molecule has 0 aliphatic carbocycles. The number of aromatic nitrogens is 2. The third-order valence-corrected chi connectivity index (χ3v) is 3.48. The molecule has 1 aromatic rings. The van der Waals surface area contributed by atoms with Crippen LogP contribution in [0.25, 0.3) is 0 Å². The van der Waals surface area contributed by atoms with Crippen LogP contribution in [0.15, 0.2) is 9.27 Å². The molecule has 0 amide bonds. The quantitative estimate of drug-likeness (QED) is 0.901. The lowest BCUT2D eigenvalue weighted by molar-refractivity contribution is 0.599. The van der Waals surface area contributed by atoms with E-state index < -0.39 is 9.84 Å². The van der Waals surface area contributed by atoms with Gasteiger partial charge in [0.05, 0.1) is 5.69 Å². The zero-order valence-electron chi connectivity index (χ0n) is 9.08. The highest BCUT2D eigenvalue weighted by Crippen LogP contribution is 2.11. The maximum Gasteiger partial charge on any atom is 0.265 e. The molecule has 0 spiro atoms. The van der Waals surface area contributed by atoms with Gasteiger partial charge in [-0.05, 0) is 22.4 Å². The summed E-state index contributed by atoms with van der Waals surface area (Å²) in [5.41, 5.74) is 0.266. The average Bonchev–Trinajstić information content (AvgIpc) is 2.11. The first-order valence-electron chi connectivity index (χ1n) is 4.78. The van der Waals surface area contributed by atoms with Crippen molar-refractivity contribution in [3.63, 3.8) is 0 Å². The molecule has 0 unspecified atom stereocenters. The largest absolute Gasteiger partial charge is 0.309 e. The molecule has 0 saturated carbocycles. The molecule has 5 nitrogen and oxygen atoms in total. The standard InChI is InChI=1S/C9H13BrN2O3S/c1-3-4-6-8(10)9(13)12-7(11-6)5-16(2,14)15/h3-5H2,1-2H3,(H,11,12,13). The minimum atomic E-state index is -3.19. The van der Waals surface area contributed by atoms with E-state index in [4.69, 9.17) is 0 Å². The van der Waals surface area contributed by atoms with E-state index in [1.807, 2.05) is 6.92 Å². The molecular formula is C9H13BrN2O3S. The van der Waals surface area contributed by atoms with E-state index in [1.165, 1.54) is 0 Å². The van der Waals surface area contributed by atoms with Crippen molar-refractivity contribution < 1.29 is 8.42 Å². The molecule has 0 aliphatic rings. The number of nitrogens with zero attached hydrogens (tertiary/aromatic N) is 1. The zero-order valence-corrected chi connectivity index (χ0v) is 11.5. The molecule has 0 bridgehead atoms. The number of hydrogen-bond donors (Lipinski definition) is 1. The summed E-state index contributed by atoms with van der Waals surface area (Å²) < 4.78 is 22.6. The van der Waals surface area contributed by atoms with Crippen LogP contribution in [0.5, 0.6) is 0 Å². The summed E-state index contributed by atoms with van der Waals surface area (Å²) in [4.78, 5) is 18.0. The smallest absolute Gasteiger partial charge is 0.265 e. The van der Waals surface area contributed by atoms with Gasteiger partial charge in [0.25, 0.3) is 5.56 Å². The van der Waals surface area contributed by atoms with Crippen LogP contribution >= 0.6 is 15.9 Å². The van der Waals surface area contributed by atoms with Gasteiger partial charge >= 0.3 is 0 Å². The molecule has 0 saturated heterocycles. The highest BCUT2D eigenvalue weighted by atomic mass is 79.9. The molecule has 1 heterocycles. The number of nitrogens with one attached hydrogen (secondary N) is 1. The topological polar surface area (TPSA) is 79.9 Å². The lowest BCUT2D eigenvalue weighted by Gasteiger charge is -2.04. The Morgan fingerprint density at radius 1 is 1.44 bits per heavy atom. The van der Waals surface area contributed by atoms with Crippen molar-refractivity contribution >= 4 is 25.8 Å². The maximum atomic E-state index is 11.5. The van der Waals surface area contributed by atoms with Crippen molar-refractivity contribution in [2.45, 2.75) is 25.5 Å².